The number of ether oxygens (including phenoxy) is 2. The molecule has 0 spiro atoms. The third-order valence-electron chi connectivity index (χ3n) is 17.5. The van der Waals surface area contributed by atoms with Crippen LogP contribution in [0.1, 0.15) is 354 Å². The SMILES string of the molecule is CCCCCCCCCCCCCCCCC/C=C/CC/C=C/CCCC(O)C(O)C(COC1OC(CO)C(O)C(O)C1O)NC(=O)C(O)CCCCCCCCCCCCCCCCCCCCCCCCCCCCCCCCC. The van der Waals surface area contributed by atoms with Gasteiger partial charge in [-0.3, -0.25) is 4.79 Å². The normalized spacial score (nSPS) is 19.2. The fourth-order valence-electron chi connectivity index (χ4n) is 11.8. The van der Waals surface area contributed by atoms with Gasteiger partial charge in [0, 0.05) is 0 Å². The first-order chi connectivity index (χ1) is 40.2. The van der Waals surface area contributed by atoms with Crippen molar-refractivity contribution in [1.82, 2.24) is 5.32 Å². The lowest BCUT2D eigenvalue weighted by molar-refractivity contribution is -0.303. The van der Waals surface area contributed by atoms with Crippen LogP contribution in [0.25, 0.3) is 0 Å². The molecule has 11 heteroatoms. The fraction of sp³-hybridized carbons (Fsp3) is 0.930. The van der Waals surface area contributed by atoms with Crippen LogP contribution in [0.3, 0.4) is 0 Å². The first-order valence-electron chi connectivity index (χ1n) is 35.7. The third-order valence-corrected chi connectivity index (χ3v) is 17.5. The minimum atomic E-state index is -1.67. The Morgan fingerprint density at radius 2 is 0.732 bits per heavy atom. The van der Waals surface area contributed by atoms with Crippen molar-refractivity contribution in [3.05, 3.63) is 24.3 Å². The number of nitrogens with one attached hydrogen (secondary N) is 1. The summed E-state index contributed by atoms with van der Waals surface area (Å²) < 4.78 is 11.2. The molecule has 1 aliphatic heterocycles. The first kappa shape index (κ1) is 78.6. The fourth-order valence-corrected chi connectivity index (χ4v) is 11.8. The zero-order valence-electron chi connectivity index (χ0n) is 53.8. The molecule has 0 radical (unpaired) electrons. The average molecular weight is 1160 g/mol. The van der Waals surface area contributed by atoms with Crippen LogP contribution in [0.2, 0.25) is 0 Å². The molecule has 9 unspecified atom stereocenters. The van der Waals surface area contributed by atoms with Crippen molar-refractivity contribution in [2.75, 3.05) is 13.2 Å². The van der Waals surface area contributed by atoms with Gasteiger partial charge in [0.2, 0.25) is 5.91 Å². The van der Waals surface area contributed by atoms with E-state index in [9.17, 15) is 40.5 Å². The molecular formula is C71H137NO10. The standard InChI is InChI=1S/C71H137NO10/c1-3-5-7-9-11-13-15-17-19-21-23-25-27-29-30-31-32-33-34-35-37-39-41-43-45-47-49-51-53-55-57-59-64(75)70(80)72-62(61-81-71-69(79)68(78)67(77)65(60-73)82-71)66(76)63(74)58-56-54-52-50-48-46-44-42-40-38-36-28-26-24-22-20-18-16-14-12-10-8-6-4-2/h42,44,50,52,62-69,71,73-79H,3-41,43,45-49,51,53-61H2,1-2H3,(H,72,80)/b44-42+,52-50+. The molecule has 0 bridgehead atoms. The summed E-state index contributed by atoms with van der Waals surface area (Å²) in [5.74, 6) is -0.703. The Morgan fingerprint density at radius 3 is 1.09 bits per heavy atom. The Kier molecular flexibility index (Phi) is 57.4. The highest BCUT2D eigenvalue weighted by molar-refractivity contribution is 5.80. The second kappa shape index (κ2) is 59.9. The number of aliphatic hydroxyl groups excluding tert-OH is 7. The molecule has 1 aliphatic rings. The monoisotopic (exact) mass is 1160 g/mol. The molecular weight excluding hydrogens is 1030 g/mol. The van der Waals surface area contributed by atoms with Crippen molar-refractivity contribution in [3.8, 4) is 0 Å². The molecule has 0 aliphatic carbocycles. The quantitative estimate of drug-likeness (QED) is 0.0215. The Hall–Kier alpha value is -1.41. The predicted molar refractivity (Wildman–Crippen MR) is 344 cm³/mol. The molecule has 1 rings (SSSR count). The molecule has 1 amide bonds. The lowest BCUT2D eigenvalue weighted by Gasteiger charge is -2.40. The van der Waals surface area contributed by atoms with E-state index in [0.29, 0.717) is 19.3 Å². The van der Waals surface area contributed by atoms with Crippen LogP contribution in [-0.2, 0) is 14.3 Å². The van der Waals surface area contributed by atoms with Crippen LogP contribution in [0, 0.1) is 0 Å². The summed E-state index contributed by atoms with van der Waals surface area (Å²) in [6.45, 7) is 3.50. The van der Waals surface area contributed by atoms with Gasteiger partial charge in [0.05, 0.1) is 25.4 Å². The molecule has 9 atom stereocenters. The van der Waals surface area contributed by atoms with Crippen LogP contribution in [-0.4, -0.2) is 110 Å². The van der Waals surface area contributed by atoms with E-state index < -0.39 is 74.2 Å². The predicted octanol–water partition coefficient (Wildman–Crippen LogP) is 17.2. The number of carbonyl (C=O) groups is 1. The van der Waals surface area contributed by atoms with Crippen molar-refractivity contribution in [2.45, 2.75) is 409 Å². The van der Waals surface area contributed by atoms with Gasteiger partial charge in [-0.15, -0.1) is 0 Å². The molecule has 1 heterocycles. The number of allylic oxidation sites excluding steroid dienone is 4. The van der Waals surface area contributed by atoms with Crippen LogP contribution < -0.4 is 5.32 Å². The summed E-state index contributed by atoms with van der Waals surface area (Å²) in [6.07, 6.45) is 64.2. The summed E-state index contributed by atoms with van der Waals surface area (Å²) in [7, 11) is 0. The second-order valence-corrected chi connectivity index (χ2v) is 25.3. The van der Waals surface area contributed by atoms with Crippen LogP contribution in [0.15, 0.2) is 24.3 Å². The third kappa shape index (κ3) is 46.8. The minimum absolute atomic E-state index is 0.249. The number of amides is 1. The number of rotatable bonds is 63. The molecule has 0 aromatic heterocycles. The Balaban J connectivity index is 2.20. The summed E-state index contributed by atoms with van der Waals surface area (Å²) >= 11 is 0. The summed E-state index contributed by atoms with van der Waals surface area (Å²) in [6, 6.07) is -1.19. The maximum absolute atomic E-state index is 13.2. The highest BCUT2D eigenvalue weighted by atomic mass is 16.7. The van der Waals surface area contributed by atoms with Crippen molar-refractivity contribution in [1.29, 1.82) is 0 Å². The molecule has 8 N–H and O–H groups in total. The topological polar surface area (TPSA) is 189 Å². The molecule has 0 aromatic carbocycles. The van der Waals surface area contributed by atoms with Crippen molar-refractivity contribution in [3.63, 3.8) is 0 Å². The molecule has 486 valence electrons. The molecule has 82 heavy (non-hydrogen) atoms. The first-order valence-corrected chi connectivity index (χ1v) is 35.7. The number of carbonyl (C=O) groups excluding carboxylic acids is 1. The zero-order chi connectivity index (χ0) is 59.6. The van der Waals surface area contributed by atoms with Gasteiger partial charge < -0.3 is 50.5 Å². The lowest BCUT2D eigenvalue weighted by atomic mass is 9.98. The minimum Gasteiger partial charge on any atom is -0.394 e. The molecule has 1 fully saturated rings. The molecule has 1 saturated heterocycles. The van der Waals surface area contributed by atoms with E-state index in [4.69, 9.17) is 9.47 Å². The van der Waals surface area contributed by atoms with Crippen molar-refractivity contribution < 1.29 is 50.0 Å². The number of unbranched alkanes of at least 4 members (excludes halogenated alkanes) is 47. The van der Waals surface area contributed by atoms with E-state index >= 15 is 0 Å². The van der Waals surface area contributed by atoms with Crippen LogP contribution in [0.5, 0.6) is 0 Å². The molecule has 0 aromatic rings. The average Bonchev–Trinajstić information content (AvgIpc) is 3.53. The second-order valence-electron chi connectivity index (χ2n) is 25.3. The van der Waals surface area contributed by atoms with Crippen LogP contribution in [0.4, 0.5) is 0 Å². The Morgan fingerprint density at radius 1 is 0.415 bits per heavy atom. The number of aliphatic hydroxyl groups is 7. The van der Waals surface area contributed by atoms with E-state index in [2.05, 4.69) is 43.5 Å². The smallest absolute Gasteiger partial charge is 0.249 e. The summed E-state index contributed by atoms with van der Waals surface area (Å²) in [5, 5.41) is 76.5. The maximum Gasteiger partial charge on any atom is 0.249 e. The highest BCUT2D eigenvalue weighted by Gasteiger charge is 2.44. The Bertz CT molecular complexity index is 1380. The van der Waals surface area contributed by atoms with Gasteiger partial charge in [-0.1, -0.05) is 327 Å². The van der Waals surface area contributed by atoms with E-state index in [0.717, 1.165) is 38.5 Å². The molecule has 0 saturated carbocycles. The largest absolute Gasteiger partial charge is 0.394 e. The van der Waals surface area contributed by atoms with Gasteiger partial charge >= 0.3 is 0 Å². The van der Waals surface area contributed by atoms with Crippen LogP contribution >= 0.6 is 0 Å². The van der Waals surface area contributed by atoms with Gasteiger partial charge in [-0.25, -0.2) is 0 Å². The number of hydrogen-bond donors (Lipinski definition) is 8. The van der Waals surface area contributed by atoms with Gasteiger partial charge in [-0.2, -0.15) is 0 Å². The van der Waals surface area contributed by atoms with Gasteiger partial charge in [-0.05, 0) is 51.4 Å². The van der Waals surface area contributed by atoms with E-state index in [-0.39, 0.29) is 12.8 Å². The van der Waals surface area contributed by atoms with Gasteiger partial charge in [0.15, 0.2) is 6.29 Å². The van der Waals surface area contributed by atoms with E-state index in [1.165, 1.54) is 270 Å². The van der Waals surface area contributed by atoms with Gasteiger partial charge in [0.1, 0.15) is 36.6 Å². The van der Waals surface area contributed by atoms with E-state index in [1.54, 1.807) is 0 Å². The van der Waals surface area contributed by atoms with E-state index in [1.807, 2.05) is 0 Å². The Labute approximate surface area is 505 Å². The summed E-state index contributed by atoms with van der Waals surface area (Å²) in [4.78, 5) is 13.2. The van der Waals surface area contributed by atoms with Crippen molar-refractivity contribution in [2.24, 2.45) is 0 Å². The highest BCUT2D eigenvalue weighted by Crippen LogP contribution is 2.24. The number of hydrogen-bond acceptors (Lipinski definition) is 10. The van der Waals surface area contributed by atoms with Gasteiger partial charge in [0.25, 0.3) is 0 Å². The summed E-state index contributed by atoms with van der Waals surface area (Å²) in [5.41, 5.74) is 0. The lowest BCUT2D eigenvalue weighted by Crippen LogP contribution is -2.60. The maximum atomic E-state index is 13.2. The molecule has 11 nitrogen and oxygen atoms in total. The van der Waals surface area contributed by atoms with Crippen molar-refractivity contribution >= 4 is 5.91 Å². The zero-order valence-corrected chi connectivity index (χ0v) is 53.8.